The highest BCUT2D eigenvalue weighted by molar-refractivity contribution is 6.31. The fourth-order valence-corrected chi connectivity index (χ4v) is 1.38. The van der Waals surface area contributed by atoms with Gasteiger partial charge in [0.1, 0.15) is 6.04 Å². The molecule has 0 aliphatic heterocycles. The number of rotatable bonds is 3. The molecule has 0 saturated heterocycles. The normalized spacial score (nSPS) is 12.1. The summed E-state index contributed by atoms with van der Waals surface area (Å²) >= 11 is 5.94. The molecule has 0 aliphatic carbocycles. The largest absolute Gasteiger partial charge is 0.298 e. The number of nitriles is 1. The van der Waals surface area contributed by atoms with Gasteiger partial charge in [-0.05, 0) is 12.6 Å². The number of hydrogen-bond donors (Lipinski definition) is 1. The van der Waals surface area contributed by atoms with E-state index in [1.807, 2.05) is 25.1 Å². The fourth-order valence-electron chi connectivity index (χ4n) is 1.14. The van der Waals surface area contributed by atoms with Gasteiger partial charge in [0.25, 0.3) is 0 Å². The molecule has 0 aromatic heterocycles. The molecule has 0 amide bonds. The van der Waals surface area contributed by atoms with Gasteiger partial charge >= 0.3 is 0 Å². The van der Waals surface area contributed by atoms with Crippen molar-refractivity contribution >= 4 is 11.6 Å². The summed E-state index contributed by atoms with van der Waals surface area (Å²) in [4.78, 5) is 0. The Morgan fingerprint density at radius 3 is 2.77 bits per heavy atom. The first-order chi connectivity index (χ1) is 6.29. The van der Waals surface area contributed by atoms with Crippen LogP contribution in [0.2, 0.25) is 5.02 Å². The second kappa shape index (κ2) is 4.86. The Bertz CT molecular complexity index is 317. The summed E-state index contributed by atoms with van der Waals surface area (Å²) in [6.07, 6.45) is 0. The topological polar surface area (TPSA) is 35.8 Å². The summed E-state index contributed by atoms with van der Waals surface area (Å²) in [6, 6.07) is 9.24. The van der Waals surface area contributed by atoms with Crippen molar-refractivity contribution in [2.75, 3.05) is 6.54 Å². The van der Waals surface area contributed by atoms with E-state index in [2.05, 4.69) is 11.4 Å². The lowest BCUT2D eigenvalue weighted by atomic mass is 10.1. The van der Waals surface area contributed by atoms with Gasteiger partial charge in [-0.1, -0.05) is 36.7 Å². The van der Waals surface area contributed by atoms with E-state index in [1.165, 1.54) is 0 Å². The maximum atomic E-state index is 8.86. The van der Waals surface area contributed by atoms with Crippen molar-refractivity contribution in [3.63, 3.8) is 0 Å². The highest BCUT2D eigenvalue weighted by Crippen LogP contribution is 2.21. The van der Waals surface area contributed by atoms with Crippen LogP contribution in [-0.4, -0.2) is 6.54 Å². The highest BCUT2D eigenvalue weighted by Gasteiger charge is 2.10. The molecule has 0 fully saturated rings. The van der Waals surface area contributed by atoms with E-state index in [-0.39, 0.29) is 6.04 Å². The van der Waals surface area contributed by atoms with Gasteiger partial charge in [-0.25, -0.2) is 0 Å². The first-order valence-electron chi connectivity index (χ1n) is 4.17. The van der Waals surface area contributed by atoms with Crippen LogP contribution in [0.4, 0.5) is 0 Å². The Morgan fingerprint density at radius 2 is 2.23 bits per heavy atom. The standard InChI is InChI=1S/C10H11ClN2/c1-2-13-10(7-12)8-5-3-4-6-9(8)11/h3-6,10,13H,2H2,1H3. The third-order valence-electron chi connectivity index (χ3n) is 1.75. The van der Waals surface area contributed by atoms with Gasteiger partial charge in [-0.15, -0.1) is 0 Å². The van der Waals surface area contributed by atoms with Crippen molar-refractivity contribution < 1.29 is 0 Å². The molecule has 1 atom stereocenters. The van der Waals surface area contributed by atoms with Crippen LogP contribution in [0, 0.1) is 11.3 Å². The molecule has 0 aliphatic rings. The fraction of sp³-hybridized carbons (Fsp3) is 0.300. The minimum absolute atomic E-state index is 0.307. The molecule has 13 heavy (non-hydrogen) atoms. The third-order valence-corrected chi connectivity index (χ3v) is 2.10. The molecular weight excluding hydrogens is 184 g/mol. The molecule has 1 rings (SSSR count). The van der Waals surface area contributed by atoms with Crippen LogP contribution in [-0.2, 0) is 0 Å². The Morgan fingerprint density at radius 1 is 1.54 bits per heavy atom. The van der Waals surface area contributed by atoms with Crippen LogP contribution in [0.5, 0.6) is 0 Å². The van der Waals surface area contributed by atoms with E-state index >= 15 is 0 Å². The lowest BCUT2D eigenvalue weighted by Gasteiger charge is -2.10. The quantitative estimate of drug-likeness (QED) is 0.803. The minimum atomic E-state index is -0.307. The summed E-state index contributed by atoms with van der Waals surface area (Å²) < 4.78 is 0. The van der Waals surface area contributed by atoms with Crippen molar-refractivity contribution in [3.8, 4) is 6.07 Å². The van der Waals surface area contributed by atoms with Gasteiger partial charge in [-0.2, -0.15) is 5.26 Å². The summed E-state index contributed by atoms with van der Waals surface area (Å²) in [6.45, 7) is 2.71. The number of halogens is 1. The second-order valence-electron chi connectivity index (χ2n) is 2.64. The van der Waals surface area contributed by atoms with Crippen LogP contribution in [0.3, 0.4) is 0 Å². The van der Waals surface area contributed by atoms with E-state index < -0.39 is 0 Å². The van der Waals surface area contributed by atoms with Gasteiger partial charge < -0.3 is 0 Å². The lowest BCUT2D eigenvalue weighted by molar-refractivity contribution is 0.658. The molecule has 1 N–H and O–H groups in total. The third kappa shape index (κ3) is 2.45. The zero-order chi connectivity index (χ0) is 9.68. The Balaban J connectivity index is 2.92. The maximum Gasteiger partial charge on any atom is 0.122 e. The van der Waals surface area contributed by atoms with E-state index in [4.69, 9.17) is 16.9 Å². The summed E-state index contributed by atoms with van der Waals surface area (Å²) in [5, 5.41) is 12.5. The molecule has 1 aromatic carbocycles. The number of nitrogens with one attached hydrogen (secondary N) is 1. The van der Waals surface area contributed by atoms with Gasteiger partial charge in [0.2, 0.25) is 0 Å². The van der Waals surface area contributed by atoms with Crippen LogP contribution < -0.4 is 5.32 Å². The van der Waals surface area contributed by atoms with Crippen LogP contribution in [0.15, 0.2) is 24.3 Å². The van der Waals surface area contributed by atoms with E-state index in [0.29, 0.717) is 5.02 Å². The zero-order valence-corrected chi connectivity index (χ0v) is 8.17. The molecule has 0 saturated carbocycles. The second-order valence-corrected chi connectivity index (χ2v) is 3.05. The van der Waals surface area contributed by atoms with Crippen LogP contribution in [0.1, 0.15) is 18.5 Å². The summed E-state index contributed by atoms with van der Waals surface area (Å²) in [5.41, 5.74) is 0.841. The van der Waals surface area contributed by atoms with Gasteiger partial charge in [0.05, 0.1) is 6.07 Å². The maximum absolute atomic E-state index is 8.86. The van der Waals surface area contributed by atoms with Gasteiger partial charge in [-0.3, -0.25) is 5.32 Å². The van der Waals surface area contributed by atoms with Crippen molar-refractivity contribution in [2.24, 2.45) is 0 Å². The lowest BCUT2D eigenvalue weighted by Crippen LogP contribution is -2.19. The monoisotopic (exact) mass is 194 g/mol. The van der Waals surface area contributed by atoms with Crippen LogP contribution in [0.25, 0.3) is 0 Å². The summed E-state index contributed by atoms with van der Waals surface area (Å²) in [5.74, 6) is 0. The van der Waals surface area contributed by atoms with Crippen molar-refractivity contribution in [1.82, 2.24) is 5.32 Å². The predicted molar refractivity (Wildman–Crippen MR) is 53.5 cm³/mol. The molecule has 0 spiro atoms. The molecule has 1 unspecified atom stereocenters. The molecule has 2 nitrogen and oxygen atoms in total. The molecule has 0 heterocycles. The van der Waals surface area contributed by atoms with Gasteiger partial charge in [0, 0.05) is 10.6 Å². The van der Waals surface area contributed by atoms with E-state index in [9.17, 15) is 0 Å². The zero-order valence-electron chi connectivity index (χ0n) is 7.42. The molecule has 0 radical (unpaired) electrons. The predicted octanol–water partition coefficient (Wildman–Crippen LogP) is 2.51. The molecule has 1 aromatic rings. The number of hydrogen-bond acceptors (Lipinski definition) is 2. The Labute approximate surface area is 83.1 Å². The first kappa shape index (κ1) is 10.0. The molecular formula is C10H11ClN2. The summed E-state index contributed by atoms with van der Waals surface area (Å²) in [7, 11) is 0. The highest BCUT2D eigenvalue weighted by atomic mass is 35.5. The number of nitrogens with zero attached hydrogens (tertiary/aromatic N) is 1. The van der Waals surface area contributed by atoms with E-state index in [0.717, 1.165) is 12.1 Å². The van der Waals surface area contributed by atoms with E-state index in [1.54, 1.807) is 6.07 Å². The Kier molecular flexibility index (Phi) is 3.75. The van der Waals surface area contributed by atoms with Crippen molar-refractivity contribution in [1.29, 1.82) is 5.26 Å². The van der Waals surface area contributed by atoms with Crippen molar-refractivity contribution in [2.45, 2.75) is 13.0 Å². The average molecular weight is 195 g/mol. The SMILES string of the molecule is CCNC(C#N)c1ccccc1Cl. The number of benzene rings is 1. The smallest absolute Gasteiger partial charge is 0.122 e. The minimum Gasteiger partial charge on any atom is -0.298 e. The molecule has 0 bridgehead atoms. The van der Waals surface area contributed by atoms with Crippen molar-refractivity contribution in [3.05, 3.63) is 34.9 Å². The average Bonchev–Trinajstić information content (AvgIpc) is 2.16. The molecule has 68 valence electrons. The van der Waals surface area contributed by atoms with Gasteiger partial charge in [0.15, 0.2) is 0 Å². The Hall–Kier alpha value is -1.04. The molecule has 3 heteroatoms. The van der Waals surface area contributed by atoms with Crippen LogP contribution >= 0.6 is 11.6 Å². The first-order valence-corrected chi connectivity index (χ1v) is 4.54.